The van der Waals surface area contributed by atoms with Crippen molar-refractivity contribution in [3.8, 4) is 0 Å². The normalized spacial score (nSPS) is 41.1. The van der Waals surface area contributed by atoms with Gasteiger partial charge in [0.2, 0.25) is 0 Å². The van der Waals surface area contributed by atoms with E-state index in [0.717, 1.165) is 25.8 Å². The molecule has 3 atom stereocenters. The lowest BCUT2D eigenvalue weighted by Crippen LogP contribution is -2.52. The highest BCUT2D eigenvalue weighted by molar-refractivity contribution is 4.85. The van der Waals surface area contributed by atoms with Gasteiger partial charge in [-0.1, -0.05) is 6.42 Å². The molecule has 2 aliphatic rings. The van der Waals surface area contributed by atoms with Crippen molar-refractivity contribution < 1.29 is 4.74 Å². The maximum absolute atomic E-state index is 6.02. The molecule has 0 bridgehead atoms. The molecule has 1 saturated carbocycles. The van der Waals surface area contributed by atoms with E-state index in [2.05, 4.69) is 11.8 Å². The number of nitrogens with zero attached hydrogens (tertiary/aromatic N) is 1. The van der Waals surface area contributed by atoms with Gasteiger partial charge >= 0.3 is 0 Å². The fourth-order valence-electron chi connectivity index (χ4n) is 2.78. The Balaban J connectivity index is 1.91. The Morgan fingerprint density at radius 2 is 2.21 bits per heavy atom. The summed E-state index contributed by atoms with van der Waals surface area (Å²) in [7, 11) is 0. The molecule has 1 aliphatic heterocycles. The van der Waals surface area contributed by atoms with E-state index in [1.165, 1.54) is 25.7 Å². The number of rotatable bonds is 1. The minimum Gasteiger partial charge on any atom is -0.379 e. The third-order valence-electron chi connectivity index (χ3n) is 3.58. The summed E-state index contributed by atoms with van der Waals surface area (Å²) in [6, 6.07) is 1.74. The van der Waals surface area contributed by atoms with E-state index in [1.807, 2.05) is 0 Å². The van der Waals surface area contributed by atoms with Crippen molar-refractivity contribution >= 4 is 0 Å². The fourth-order valence-corrected chi connectivity index (χ4v) is 2.78. The Morgan fingerprint density at radius 3 is 2.93 bits per heavy atom. The first kappa shape index (κ1) is 10.4. The van der Waals surface area contributed by atoms with Gasteiger partial charge in [0.25, 0.3) is 0 Å². The zero-order valence-electron chi connectivity index (χ0n) is 9.11. The molecule has 0 amide bonds. The summed E-state index contributed by atoms with van der Waals surface area (Å²) in [5.41, 5.74) is 6.02. The highest BCUT2D eigenvalue weighted by atomic mass is 16.5. The summed E-state index contributed by atoms with van der Waals surface area (Å²) in [5.74, 6) is 0. The van der Waals surface area contributed by atoms with Crippen molar-refractivity contribution in [1.29, 1.82) is 0 Å². The third-order valence-corrected chi connectivity index (χ3v) is 3.58. The van der Waals surface area contributed by atoms with E-state index in [0.29, 0.717) is 12.1 Å². The summed E-state index contributed by atoms with van der Waals surface area (Å²) < 4.78 is 5.46. The predicted octanol–water partition coefficient (Wildman–Crippen LogP) is 0.977. The second kappa shape index (κ2) is 4.60. The summed E-state index contributed by atoms with van der Waals surface area (Å²) in [5, 5.41) is 0. The average Bonchev–Trinajstić information content (AvgIpc) is 2.18. The van der Waals surface area contributed by atoms with E-state index in [9.17, 15) is 0 Å². The summed E-state index contributed by atoms with van der Waals surface area (Å²) in [6.45, 7) is 5.15. The molecule has 2 N–H and O–H groups in total. The molecule has 2 rings (SSSR count). The van der Waals surface area contributed by atoms with Gasteiger partial charge in [-0.3, -0.25) is 4.90 Å². The molecule has 2 fully saturated rings. The van der Waals surface area contributed by atoms with Crippen molar-refractivity contribution in [2.24, 2.45) is 5.73 Å². The van der Waals surface area contributed by atoms with Gasteiger partial charge in [-0.25, -0.2) is 0 Å². The Bertz CT molecular complexity index is 186. The predicted molar refractivity (Wildman–Crippen MR) is 57.2 cm³/mol. The maximum Gasteiger partial charge on any atom is 0.0619 e. The number of ether oxygens (including phenoxy) is 1. The van der Waals surface area contributed by atoms with Crippen LogP contribution in [-0.4, -0.2) is 42.8 Å². The van der Waals surface area contributed by atoms with Gasteiger partial charge < -0.3 is 10.5 Å². The molecule has 0 spiro atoms. The smallest absolute Gasteiger partial charge is 0.0619 e. The SMILES string of the molecule is CC1COCCN1C1CCCC(N)C1. The van der Waals surface area contributed by atoms with Crippen LogP contribution in [0.15, 0.2) is 0 Å². The van der Waals surface area contributed by atoms with Gasteiger partial charge in [0.1, 0.15) is 0 Å². The maximum atomic E-state index is 6.02. The van der Waals surface area contributed by atoms with Gasteiger partial charge in [-0.05, 0) is 26.2 Å². The van der Waals surface area contributed by atoms with Crippen molar-refractivity contribution in [2.45, 2.75) is 50.7 Å². The van der Waals surface area contributed by atoms with Crippen LogP contribution in [0.3, 0.4) is 0 Å². The highest BCUT2D eigenvalue weighted by Crippen LogP contribution is 2.24. The number of hydrogen-bond donors (Lipinski definition) is 1. The van der Waals surface area contributed by atoms with Crippen LogP contribution in [0, 0.1) is 0 Å². The van der Waals surface area contributed by atoms with Gasteiger partial charge in [0.05, 0.1) is 13.2 Å². The molecular weight excluding hydrogens is 176 g/mol. The molecule has 1 aliphatic carbocycles. The summed E-state index contributed by atoms with van der Waals surface area (Å²) >= 11 is 0. The molecule has 0 radical (unpaired) electrons. The zero-order chi connectivity index (χ0) is 9.97. The largest absolute Gasteiger partial charge is 0.379 e. The van der Waals surface area contributed by atoms with Crippen LogP contribution in [0.5, 0.6) is 0 Å². The van der Waals surface area contributed by atoms with Crippen LogP contribution < -0.4 is 5.73 Å². The van der Waals surface area contributed by atoms with Crippen molar-refractivity contribution in [3.63, 3.8) is 0 Å². The molecule has 0 aromatic rings. The molecule has 0 aromatic carbocycles. The average molecular weight is 198 g/mol. The molecule has 3 heteroatoms. The van der Waals surface area contributed by atoms with Crippen molar-refractivity contribution in [2.75, 3.05) is 19.8 Å². The van der Waals surface area contributed by atoms with E-state index in [1.54, 1.807) is 0 Å². The van der Waals surface area contributed by atoms with E-state index >= 15 is 0 Å². The summed E-state index contributed by atoms with van der Waals surface area (Å²) in [4.78, 5) is 2.60. The van der Waals surface area contributed by atoms with E-state index in [4.69, 9.17) is 10.5 Å². The highest BCUT2D eigenvalue weighted by Gasteiger charge is 2.29. The molecule has 3 unspecified atom stereocenters. The monoisotopic (exact) mass is 198 g/mol. The minimum atomic E-state index is 0.434. The van der Waals surface area contributed by atoms with E-state index < -0.39 is 0 Å². The van der Waals surface area contributed by atoms with Crippen LogP contribution in [0.25, 0.3) is 0 Å². The molecule has 14 heavy (non-hydrogen) atoms. The molecular formula is C11H22N2O. The first-order chi connectivity index (χ1) is 6.77. The number of morpholine rings is 1. The summed E-state index contributed by atoms with van der Waals surface area (Å²) in [6.07, 6.45) is 5.04. The van der Waals surface area contributed by atoms with Gasteiger partial charge in [-0.15, -0.1) is 0 Å². The lowest BCUT2D eigenvalue weighted by atomic mass is 9.89. The quantitative estimate of drug-likeness (QED) is 0.682. The second-order valence-electron chi connectivity index (χ2n) is 4.74. The van der Waals surface area contributed by atoms with Crippen molar-refractivity contribution in [1.82, 2.24) is 4.90 Å². The van der Waals surface area contributed by atoms with E-state index in [-0.39, 0.29) is 0 Å². The molecule has 82 valence electrons. The lowest BCUT2D eigenvalue weighted by molar-refractivity contribution is -0.0305. The van der Waals surface area contributed by atoms with Gasteiger partial charge in [0, 0.05) is 24.7 Å². The van der Waals surface area contributed by atoms with Crippen LogP contribution >= 0.6 is 0 Å². The second-order valence-corrected chi connectivity index (χ2v) is 4.74. The minimum absolute atomic E-state index is 0.434. The Kier molecular flexibility index (Phi) is 3.42. The lowest BCUT2D eigenvalue weighted by Gasteiger charge is -2.42. The first-order valence-corrected chi connectivity index (χ1v) is 5.86. The van der Waals surface area contributed by atoms with Crippen LogP contribution in [0.2, 0.25) is 0 Å². The van der Waals surface area contributed by atoms with Crippen LogP contribution in [0.1, 0.15) is 32.6 Å². The number of hydrogen-bond acceptors (Lipinski definition) is 3. The van der Waals surface area contributed by atoms with Gasteiger partial charge in [0.15, 0.2) is 0 Å². The van der Waals surface area contributed by atoms with Crippen LogP contribution in [-0.2, 0) is 4.74 Å². The van der Waals surface area contributed by atoms with Crippen LogP contribution in [0.4, 0.5) is 0 Å². The first-order valence-electron chi connectivity index (χ1n) is 5.86. The number of nitrogens with two attached hydrogens (primary N) is 1. The Labute approximate surface area is 86.6 Å². The Hall–Kier alpha value is -0.120. The third kappa shape index (κ3) is 2.27. The zero-order valence-corrected chi connectivity index (χ0v) is 9.11. The molecule has 3 nitrogen and oxygen atoms in total. The van der Waals surface area contributed by atoms with Gasteiger partial charge in [-0.2, -0.15) is 0 Å². The Morgan fingerprint density at radius 1 is 1.36 bits per heavy atom. The molecule has 1 saturated heterocycles. The van der Waals surface area contributed by atoms with Crippen molar-refractivity contribution in [3.05, 3.63) is 0 Å². The standard InChI is InChI=1S/C11H22N2O/c1-9-8-14-6-5-13(9)11-4-2-3-10(12)7-11/h9-11H,2-8,12H2,1H3. The molecule has 1 heterocycles. The molecule has 0 aromatic heterocycles. The topological polar surface area (TPSA) is 38.5 Å². The fraction of sp³-hybridized carbons (Fsp3) is 1.00.